The minimum absolute atomic E-state index is 0.235. The average molecular weight is 303 g/mol. The van der Waals surface area contributed by atoms with Crippen molar-refractivity contribution in [3.63, 3.8) is 0 Å². The summed E-state index contributed by atoms with van der Waals surface area (Å²) in [6.45, 7) is 0. The van der Waals surface area contributed by atoms with Crippen LogP contribution in [0.2, 0.25) is 0 Å². The number of hydrogen-bond donors (Lipinski definition) is 1. The lowest BCUT2D eigenvalue weighted by molar-refractivity contribution is 0.0435. The van der Waals surface area contributed by atoms with E-state index in [0.29, 0.717) is 18.1 Å². The Morgan fingerprint density at radius 2 is 2.38 bits per heavy atom. The van der Waals surface area contributed by atoms with Gasteiger partial charge in [-0.05, 0) is 47.3 Å². The maximum absolute atomic E-state index is 10.2. The lowest BCUT2D eigenvalue weighted by Crippen LogP contribution is -2.30. The zero-order valence-corrected chi connectivity index (χ0v) is 11.3. The number of halogens is 1. The predicted molar refractivity (Wildman–Crippen MR) is 67.7 cm³/mol. The van der Waals surface area contributed by atoms with Crippen LogP contribution in [0.4, 0.5) is 0 Å². The van der Waals surface area contributed by atoms with E-state index in [9.17, 15) is 5.11 Å². The zero-order chi connectivity index (χ0) is 11.1. The lowest BCUT2D eigenvalue weighted by Gasteiger charge is -2.23. The van der Waals surface area contributed by atoms with Crippen LogP contribution in [0.25, 0.3) is 0 Å². The van der Waals surface area contributed by atoms with Crippen LogP contribution >= 0.6 is 27.3 Å². The van der Waals surface area contributed by atoms with Gasteiger partial charge >= 0.3 is 0 Å². The van der Waals surface area contributed by atoms with E-state index in [0.717, 1.165) is 23.0 Å². The summed E-state index contributed by atoms with van der Waals surface area (Å²) < 4.78 is 6.92. The first kappa shape index (κ1) is 11.2. The van der Waals surface area contributed by atoms with Gasteiger partial charge in [0, 0.05) is 17.2 Å². The Bertz CT molecular complexity index is 379. The second-order valence-corrected chi connectivity index (χ2v) is 7.30. The molecule has 0 spiro atoms. The highest BCUT2D eigenvalue weighted by atomic mass is 79.9. The molecule has 4 heteroatoms. The van der Waals surface area contributed by atoms with Gasteiger partial charge in [-0.25, -0.2) is 0 Å². The molecule has 16 heavy (non-hydrogen) atoms. The van der Waals surface area contributed by atoms with Gasteiger partial charge in [0.2, 0.25) is 0 Å². The third-order valence-corrected chi connectivity index (χ3v) is 5.33. The van der Waals surface area contributed by atoms with Crippen LogP contribution in [0.1, 0.15) is 24.1 Å². The lowest BCUT2D eigenvalue weighted by atomic mass is 9.84. The van der Waals surface area contributed by atoms with Gasteiger partial charge in [0.05, 0.1) is 22.1 Å². The second-order valence-electron chi connectivity index (χ2n) is 4.75. The molecule has 0 radical (unpaired) electrons. The van der Waals surface area contributed by atoms with Crippen LogP contribution in [-0.2, 0) is 11.2 Å². The summed E-state index contributed by atoms with van der Waals surface area (Å²) in [5, 5.41) is 10.2. The van der Waals surface area contributed by atoms with E-state index in [4.69, 9.17) is 4.74 Å². The Morgan fingerprint density at radius 3 is 2.94 bits per heavy atom. The molecule has 1 N–H and O–H groups in total. The van der Waals surface area contributed by atoms with Crippen molar-refractivity contribution in [2.75, 3.05) is 0 Å². The van der Waals surface area contributed by atoms with Crippen molar-refractivity contribution in [2.45, 2.75) is 44.0 Å². The molecule has 4 atom stereocenters. The summed E-state index contributed by atoms with van der Waals surface area (Å²) in [5.74, 6) is 0.361. The smallest absolute Gasteiger partial charge is 0.0701 e. The third-order valence-electron chi connectivity index (χ3n) is 3.69. The van der Waals surface area contributed by atoms with Crippen molar-refractivity contribution >= 4 is 27.3 Å². The number of rotatable bonds is 3. The van der Waals surface area contributed by atoms with Gasteiger partial charge in [-0.3, -0.25) is 0 Å². The molecule has 3 rings (SSSR count). The molecule has 1 aromatic rings. The fourth-order valence-corrected chi connectivity index (χ4v) is 4.43. The van der Waals surface area contributed by atoms with Crippen LogP contribution in [0.5, 0.6) is 0 Å². The van der Waals surface area contributed by atoms with Gasteiger partial charge in [-0.15, -0.1) is 11.3 Å². The van der Waals surface area contributed by atoms with E-state index in [1.165, 1.54) is 11.3 Å². The van der Waals surface area contributed by atoms with Crippen LogP contribution in [0.3, 0.4) is 0 Å². The van der Waals surface area contributed by atoms with Crippen LogP contribution < -0.4 is 0 Å². The number of aliphatic hydroxyl groups is 1. The normalized spacial score (nSPS) is 34.5. The maximum atomic E-state index is 10.2. The molecule has 88 valence electrons. The minimum Gasteiger partial charge on any atom is -0.392 e. The second kappa shape index (κ2) is 4.41. The van der Waals surface area contributed by atoms with E-state index >= 15 is 0 Å². The number of ether oxygens (including phenoxy) is 1. The van der Waals surface area contributed by atoms with Crippen LogP contribution in [0.15, 0.2) is 15.9 Å². The standard InChI is InChI=1S/C12H15BrO2S/c13-12-4-2-8(16-12)6-10(14)9-5-7-1-3-11(9)15-7/h2,4,7,9-11,14H,1,3,5-6H2. The SMILES string of the molecule is OC(Cc1ccc(Br)s1)C1CC2CCC1O2. The summed E-state index contributed by atoms with van der Waals surface area (Å²) in [6.07, 6.45) is 4.68. The minimum atomic E-state index is -0.235. The fourth-order valence-electron chi connectivity index (χ4n) is 2.90. The Balaban J connectivity index is 1.63. The number of aliphatic hydroxyl groups excluding tert-OH is 1. The van der Waals surface area contributed by atoms with Gasteiger partial charge in [0.1, 0.15) is 0 Å². The molecule has 4 unspecified atom stereocenters. The highest BCUT2D eigenvalue weighted by Crippen LogP contribution is 2.41. The topological polar surface area (TPSA) is 29.5 Å². The van der Waals surface area contributed by atoms with Crippen molar-refractivity contribution in [1.29, 1.82) is 0 Å². The van der Waals surface area contributed by atoms with Crippen molar-refractivity contribution in [2.24, 2.45) is 5.92 Å². The van der Waals surface area contributed by atoms with Gasteiger partial charge in [0.15, 0.2) is 0 Å². The molecule has 2 bridgehead atoms. The first-order chi connectivity index (χ1) is 7.72. The zero-order valence-electron chi connectivity index (χ0n) is 8.93. The summed E-state index contributed by atoms with van der Waals surface area (Å²) in [6, 6.07) is 4.13. The van der Waals surface area contributed by atoms with E-state index in [-0.39, 0.29) is 6.10 Å². The first-order valence-corrected chi connectivity index (χ1v) is 7.41. The Morgan fingerprint density at radius 1 is 1.50 bits per heavy atom. The molecule has 2 nitrogen and oxygen atoms in total. The van der Waals surface area contributed by atoms with Gasteiger partial charge < -0.3 is 9.84 Å². The largest absolute Gasteiger partial charge is 0.392 e. The molecule has 0 aliphatic carbocycles. The maximum Gasteiger partial charge on any atom is 0.0701 e. The molecule has 1 aromatic heterocycles. The first-order valence-electron chi connectivity index (χ1n) is 5.80. The monoisotopic (exact) mass is 302 g/mol. The molecule has 3 heterocycles. The van der Waals surface area contributed by atoms with Crippen molar-refractivity contribution in [1.82, 2.24) is 0 Å². The number of thiophene rings is 1. The quantitative estimate of drug-likeness (QED) is 0.930. The highest BCUT2D eigenvalue weighted by Gasteiger charge is 2.43. The Kier molecular flexibility index (Phi) is 3.09. The van der Waals surface area contributed by atoms with Crippen molar-refractivity contribution < 1.29 is 9.84 Å². The van der Waals surface area contributed by atoms with Gasteiger partial charge in [-0.2, -0.15) is 0 Å². The van der Waals surface area contributed by atoms with Crippen molar-refractivity contribution in [3.05, 3.63) is 20.8 Å². The summed E-state index contributed by atoms with van der Waals surface area (Å²) in [4.78, 5) is 1.25. The third kappa shape index (κ3) is 2.08. The fraction of sp³-hybridized carbons (Fsp3) is 0.667. The van der Waals surface area contributed by atoms with E-state index in [1.807, 2.05) is 6.07 Å². The Labute approximate surface area is 108 Å². The van der Waals surface area contributed by atoms with E-state index in [1.54, 1.807) is 11.3 Å². The van der Waals surface area contributed by atoms with E-state index in [2.05, 4.69) is 22.0 Å². The molecule has 2 saturated heterocycles. The van der Waals surface area contributed by atoms with Gasteiger partial charge in [-0.1, -0.05) is 0 Å². The molecule has 2 aliphatic rings. The van der Waals surface area contributed by atoms with Crippen LogP contribution in [0, 0.1) is 5.92 Å². The predicted octanol–water partition coefficient (Wildman–Crippen LogP) is 2.98. The molecule has 0 amide bonds. The van der Waals surface area contributed by atoms with E-state index < -0.39 is 0 Å². The van der Waals surface area contributed by atoms with Gasteiger partial charge in [0.25, 0.3) is 0 Å². The molecule has 0 aromatic carbocycles. The van der Waals surface area contributed by atoms with Crippen molar-refractivity contribution in [3.8, 4) is 0 Å². The molecular weight excluding hydrogens is 288 g/mol. The Hall–Kier alpha value is 0.1000. The summed E-state index contributed by atoms with van der Waals surface area (Å²) >= 11 is 5.16. The molecule has 0 saturated carbocycles. The highest BCUT2D eigenvalue weighted by molar-refractivity contribution is 9.11. The molecule has 2 fully saturated rings. The summed E-state index contributed by atoms with van der Waals surface area (Å²) in [7, 11) is 0. The number of hydrogen-bond acceptors (Lipinski definition) is 3. The van der Waals surface area contributed by atoms with Crippen LogP contribution in [-0.4, -0.2) is 23.4 Å². The molecular formula is C12H15BrO2S. The summed E-state index contributed by atoms with van der Waals surface area (Å²) in [5.41, 5.74) is 0. The molecule has 2 aliphatic heterocycles. The average Bonchev–Trinajstić information content (AvgIpc) is 2.93. The number of fused-ring (bicyclic) bond motifs is 2.